The lowest BCUT2D eigenvalue weighted by Gasteiger charge is -2.46. The van der Waals surface area contributed by atoms with E-state index in [1.165, 1.54) is 6.40 Å². The monoisotopic (exact) mass is 377 g/mol. The molecule has 0 radical (unpaired) electrons. The number of carbonyl (C=O) groups excluding carboxylic acids is 1. The number of fused-ring (bicyclic) bond motifs is 2. The highest BCUT2D eigenvalue weighted by Crippen LogP contribution is 2.44. The average Bonchev–Trinajstić information content (AvgIpc) is 2.75. The van der Waals surface area contributed by atoms with Crippen molar-refractivity contribution < 1.29 is 9.53 Å². The molecule has 0 bridgehead atoms. The van der Waals surface area contributed by atoms with Crippen molar-refractivity contribution in [3.05, 3.63) is 48.4 Å². The number of likely N-dealkylation sites (tertiary alicyclic amines) is 1. The number of hydrogen-bond donors (Lipinski definition) is 0. The Labute approximate surface area is 164 Å². The highest BCUT2D eigenvalue weighted by Gasteiger charge is 2.46. The van der Waals surface area contributed by atoms with Gasteiger partial charge >= 0.3 is 0 Å². The fourth-order valence-electron chi connectivity index (χ4n) is 4.66. The van der Waals surface area contributed by atoms with E-state index in [1.54, 1.807) is 18.6 Å². The fourth-order valence-corrected chi connectivity index (χ4v) is 4.66. The summed E-state index contributed by atoms with van der Waals surface area (Å²) in [6, 6.07) is 8.26. The van der Waals surface area contributed by atoms with E-state index >= 15 is 0 Å². The normalized spacial score (nSPS) is 24.9. The maximum atomic E-state index is 13.1. The number of ether oxygens (including phenoxy) is 1. The molecule has 1 amide bonds. The lowest BCUT2D eigenvalue weighted by atomic mass is 9.81. The summed E-state index contributed by atoms with van der Waals surface area (Å²) in [6.45, 7) is 2.51. The van der Waals surface area contributed by atoms with Crippen LogP contribution >= 0.6 is 0 Å². The van der Waals surface area contributed by atoms with Crippen LogP contribution in [0, 0.1) is 0 Å². The maximum Gasteiger partial charge on any atom is 0.227 e. The Balaban J connectivity index is 1.27. The molecular formula is C21H23N5O2. The van der Waals surface area contributed by atoms with E-state index in [1.807, 2.05) is 24.3 Å². The van der Waals surface area contributed by atoms with Crippen LogP contribution < -0.4 is 4.90 Å². The number of carbonyl (C=O) groups is 1. The molecule has 1 spiro atoms. The summed E-state index contributed by atoms with van der Waals surface area (Å²) in [4.78, 5) is 30.3. The Morgan fingerprint density at radius 1 is 1.11 bits per heavy atom. The molecule has 1 atom stereocenters. The molecular weight excluding hydrogens is 354 g/mol. The van der Waals surface area contributed by atoms with E-state index in [-0.39, 0.29) is 11.9 Å². The van der Waals surface area contributed by atoms with E-state index in [0.717, 1.165) is 56.0 Å². The number of hydrogen-bond acceptors (Lipinski definition) is 6. The highest BCUT2D eigenvalue weighted by atomic mass is 16.5. The molecule has 0 saturated carbocycles. The molecule has 1 unspecified atom stereocenters. The summed E-state index contributed by atoms with van der Waals surface area (Å²) in [5.41, 5.74) is 1.38. The number of anilines is 1. The van der Waals surface area contributed by atoms with Crippen LogP contribution in [0.5, 0.6) is 0 Å². The van der Waals surface area contributed by atoms with Crippen LogP contribution in [0.4, 0.5) is 11.5 Å². The molecule has 4 heterocycles. The summed E-state index contributed by atoms with van der Waals surface area (Å²) in [6.07, 6.45) is 9.80. The predicted molar refractivity (Wildman–Crippen MR) is 106 cm³/mol. The van der Waals surface area contributed by atoms with Crippen LogP contribution in [0.2, 0.25) is 0 Å². The predicted octanol–water partition coefficient (Wildman–Crippen LogP) is 2.65. The summed E-state index contributed by atoms with van der Waals surface area (Å²) < 4.78 is 5.95. The average molecular weight is 377 g/mol. The lowest BCUT2D eigenvalue weighted by molar-refractivity contribution is -0.146. The second kappa shape index (κ2) is 6.89. The molecule has 1 aromatic heterocycles. The topological polar surface area (TPSA) is 70.9 Å². The molecule has 0 aliphatic carbocycles. The quantitative estimate of drug-likeness (QED) is 0.805. The first-order chi connectivity index (χ1) is 13.8. The van der Waals surface area contributed by atoms with Crippen molar-refractivity contribution in [2.45, 2.75) is 37.3 Å². The Morgan fingerprint density at radius 3 is 2.75 bits per heavy atom. The van der Waals surface area contributed by atoms with Gasteiger partial charge in [0.1, 0.15) is 11.4 Å². The van der Waals surface area contributed by atoms with Gasteiger partial charge in [0.05, 0.1) is 18.3 Å². The minimum atomic E-state index is -0.563. The molecule has 7 heteroatoms. The van der Waals surface area contributed by atoms with Crippen molar-refractivity contribution in [3.63, 3.8) is 0 Å². The second-order valence-electron chi connectivity index (χ2n) is 7.66. The highest BCUT2D eigenvalue weighted by molar-refractivity contribution is 5.80. The smallest absolute Gasteiger partial charge is 0.227 e. The molecule has 7 nitrogen and oxygen atoms in total. The summed E-state index contributed by atoms with van der Waals surface area (Å²) >= 11 is 0. The summed E-state index contributed by atoms with van der Waals surface area (Å²) in [7, 11) is 0. The van der Waals surface area contributed by atoms with Crippen LogP contribution in [-0.2, 0) is 15.1 Å². The number of para-hydroxylation sites is 1. The van der Waals surface area contributed by atoms with E-state index in [9.17, 15) is 4.79 Å². The van der Waals surface area contributed by atoms with Crippen molar-refractivity contribution in [1.29, 1.82) is 0 Å². The molecule has 2 aromatic rings. The van der Waals surface area contributed by atoms with E-state index in [0.29, 0.717) is 6.42 Å². The third-order valence-corrected chi connectivity index (χ3v) is 6.16. The van der Waals surface area contributed by atoms with Crippen LogP contribution in [0.25, 0.3) is 0 Å². The minimum Gasteiger partial charge on any atom is -0.471 e. The summed E-state index contributed by atoms with van der Waals surface area (Å²) in [5, 5.41) is 0. The van der Waals surface area contributed by atoms with Gasteiger partial charge < -0.3 is 14.5 Å². The van der Waals surface area contributed by atoms with E-state index < -0.39 is 5.60 Å². The van der Waals surface area contributed by atoms with Gasteiger partial charge in [0.25, 0.3) is 0 Å². The molecule has 3 aliphatic rings. The van der Waals surface area contributed by atoms with Crippen molar-refractivity contribution in [3.8, 4) is 0 Å². The molecule has 2 fully saturated rings. The molecule has 144 valence electrons. The van der Waals surface area contributed by atoms with Gasteiger partial charge in [-0.05, 0) is 18.9 Å². The molecule has 5 rings (SSSR count). The number of aliphatic imine (C=N–C) groups is 1. The minimum absolute atomic E-state index is 0.175. The van der Waals surface area contributed by atoms with Crippen LogP contribution in [-0.4, -0.2) is 52.9 Å². The molecule has 2 saturated heterocycles. The largest absolute Gasteiger partial charge is 0.471 e. The van der Waals surface area contributed by atoms with Crippen molar-refractivity contribution in [1.82, 2.24) is 14.9 Å². The Bertz CT molecular complexity index is 895. The Morgan fingerprint density at radius 2 is 1.96 bits per heavy atom. The standard InChI is InChI=1S/C21H23N5O2/c27-20-13-21(17-3-1-2-4-18(17)24-15-28-21)7-12-26(20)16-5-10-25(11-6-16)19-14-22-8-9-23-19/h1-4,8-9,14-16H,5-7,10-13H2. The third kappa shape index (κ3) is 2.91. The van der Waals surface area contributed by atoms with Crippen molar-refractivity contribution in [2.24, 2.45) is 4.99 Å². The van der Waals surface area contributed by atoms with Crippen LogP contribution in [0.1, 0.15) is 31.2 Å². The molecule has 3 aliphatic heterocycles. The molecule has 1 aromatic carbocycles. The zero-order valence-electron chi connectivity index (χ0n) is 15.7. The van der Waals surface area contributed by atoms with Crippen molar-refractivity contribution >= 4 is 23.8 Å². The van der Waals surface area contributed by atoms with E-state index in [2.05, 4.69) is 24.8 Å². The first kappa shape index (κ1) is 17.2. The Hall–Kier alpha value is -2.96. The third-order valence-electron chi connectivity index (χ3n) is 6.16. The number of aromatic nitrogens is 2. The number of benzene rings is 1. The van der Waals surface area contributed by atoms with Gasteiger partial charge in [-0.1, -0.05) is 18.2 Å². The lowest BCUT2D eigenvalue weighted by Crippen LogP contribution is -2.54. The first-order valence-corrected chi connectivity index (χ1v) is 9.85. The molecule has 0 N–H and O–H groups in total. The number of rotatable bonds is 2. The number of nitrogens with zero attached hydrogens (tertiary/aromatic N) is 5. The van der Waals surface area contributed by atoms with Gasteiger partial charge in [-0.2, -0.15) is 0 Å². The van der Waals surface area contributed by atoms with Crippen LogP contribution in [0.3, 0.4) is 0 Å². The van der Waals surface area contributed by atoms with Crippen LogP contribution in [0.15, 0.2) is 47.8 Å². The van der Waals surface area contributed by atoms with Gasteiger partial charge in [-0.3, -0.25) is 9.78 Å². The maximum absolute atomic E-state index is 13.1. The summed E-state index contributed by atoms with van der Waals surface area (Å²) in [5.74, 6) is 1.09. The van der Waals surface area contributed by atoms with Gasteiger partial charge in [0.2, 0.25) is 5.91 Å². The van der Waals surface area contributed by atoms with Gasteiger partial charge in [0, 0.05) is 50.1 Å². The number of amides is 1. The van der Waals surface area contributed by atoms with E-state index in [4.69, 9.17) is 4.74 Å². The van der Waals surface area contributed by atoms with Gasteiger partial charge in [0.15, 0.2) is 6.40 Å². The van der Waals surface area contributed by atoms with Gasteiger partial charge in [-0.15, -0.1) is 0 Å². The zero-order valence-corrected chi connectivity index (χ0v) is 15.7. The fraction of sp³-hybridized carbons (Fsp3) is 0.429. The SMILES string of the molecule is O=C1CC2(CCN1C1CCN(c3cnccn3)CC1)OC=Nc1ccccc12. The van der Waals surface area contributed by atoms with Gasteiger partial charge in [-0.25, -0.2) is 9.98 Å². The second-order valence-corrected chi connectivity index (χ2v) is 7.66. The molecule has 28 heavy (non-hydrogen) atoms. The van der Waals surface area contributed by atoms with Crippen molar-refractivity contribution in [2.75, 3.05) is 24.5 Å². The number of piperidine rings is 2. The Kier molecular flexibility index (Phi) is 4.22. The first-order valence-electron chi connectivity index (χ1n) is 9.85. The zero-order chi connectivity index (χ0) is 19.0.